The quantitative estimate of drug-likeness (QED) is 0.718. The Morgan fingerprint density at radius 2 is 2.13 bits per heavy atom. The summed E-state index contributed by atoms with van der Waals surface area (Å²) in [7, 11) is -2.00. The Balaban J connectivity index is 1.81. The van der Waals surface area contributed by atoms with Crippen molar-refractivity contribution in [2.45, 2.75) is 6.54 Å². The van der Waals surface area contributed by atoms with Gasteiger partial charge in [-0.05, 0) is 6.07 Å². The van der Waals surface area contributed by atoms with Gasteiger partial charge in [0, 0.05) is 32.2 Å². The van der Waals surface area contributed by atoms with Crippen molar-refractivity contribution >= 4 is 15.9 Å². The third-order valence-electron chi connectivity index (χ3n) is 3.06. The average molecular weight is 338 g/mol. The summed E-state index contributed by atoms with van der Waals surface area (Å²) >= 11 is 0. The SMILES string of the molecule is CN(CC(=O)NCCn1ccc(-c2cnccn2)n1)S(C)(=O)=O. The van der Waals surface area contributed by atoms with E-state index in [1.165, 1.54) is 7.05 Å². The molecule has 2 aromatic rings. The Labute approximate surface area is 134 Å². The first-order chi connectivity index (χ1) is 10.9. The fourth-order valence-electron chi connectivity index (χ4n) is 1.74. The molecule has 23 heavy (non-hydrogen) atoms. The van der Waals surface area contributed by atoms with Gasteiger partial charge in [0.05, 0.1) is 25.5 Å². The highest BCUT2D eigenvalue weighted by Gasteiger charge is 2.14. The first kappa shape index (κ1) is 17.0. The zero-order valence-electron chi connectivity index (χ0n) is 12.9. The lowest BCUT2D eigenvalue weighted by molar-refractivity contribution is -0.121. The molecule has 2 rings (SSSR count). The molecule has 124 valence electrons. The summed E-state index contributed by atoms with van der Waals surface area (Å²) < 4.78 is 25.1. The molecule has 0 aromatic carbocycles. The molecule has 0 spiro atoms. The van der Waals surface area contributed by atoms with Crippen molar-refractivity contribution in [3.63, 3.8) is 0 Å². The van der Waals surface area contributed by atoms with Crippen LogP contribution in [0.1, 0.15) is 0 Å². The van der Waals surface area contributed by atoms with Gasteiger partial charge >= 0.3 is 0 Å². The maximum absolute atomic E-state index is 11.7. The van der Waals surface area contributed by atoms with E-state index in [1.807, 2.05) is 6.07 Å². The van der Waals surface area contributed by atoms with Gasteiger partial charge in [0.15, 0.2) is 0 Å². The van der Waals surface area contributed by atoms with Crippen molar-refractivity contribution in [2.24, 2.45) is 0 Å². The number of likely N-dealkylation sites (N-methyl/N-ethyl adjacent to an activating group) is 1. The lowest BCUT2D eigenvalue weighted by Gasteiger charge is -2.13. The number of nitrogens with zero attached hydrogens (tertiary/aromatic N) is 5. The van der Waals surface area contributed by atoms with E-state index in [4.69, 9.17) is 0 Å². The number of hydrogen-bond acceptors (Lipinski definition) is 6. The van der Waals surface area contributed by atoms with Crippen molar-refractivity contribution in [1.82, 2.24) is 29.4 Å². The van der Waals surface area contributed by atoms with Crippen LogP contribution in [0.15, 0.2) is 30.9 Å². The normalized spacial score (nSPS) is 11.6. The van der Waals surface area contributed by atoms with Crippen LogP contribution < -0.4 is 5.32 Å². The molecule has 0 saturated heterocycles. The van der Waals surface area contributed by atoms with E-state index >= 15 is 0 Å². The number of amides is 1. The molecule has 0 fully saturated rings. The highest BCUT2D eigenvalue weighted by atomic mass is 32.2. The molecule has 1 N–H and O–H groups in total. The van der Waals surface area contributed by atoms with E-state index in [-0.39, 0.29) is 12.5 Å². The number of carbonyl (C=O) groups is 1. The molecule has 0 unspecified atom stereocenters. The Morgan fingerprint density at radius 1 is 1.35 bits per heavy atom. The predicted molar refractivity (Wildman–Crippen MR) is 83.7 cm³/mol. The van der Waals surface area contributed by atoms with Crippen LogP contribution in [0, 0.1) is 0 Å². The number of hydrogen-bond donors (Lipinski definition) is 1. The summed E-state index contributed by atoms with van der Waals surface area (Å²) in [5.41, 5.74) is 1.37. The van der Waals surface area contributed by atoms with Crippen LogP contribution in [0.4, 0.5) is 0 Å². The fourth-order valence-corrected chi connectivity index (χ4v) is 2.09. The molecule has 0 radical (unpaired) electrons. The second-order valence-corrected chi connectivity index (χ2v) is 7.01. The smallest absolute Gasteiger partial charge is 0.235 e. The highest BCUT2D eigenvalue weighted by molar-refractivity contribution is 7.88. The summed E-state index contributed by atoms with van der Waals surface area (Å²) in [5, 5.41) is 6.98. The summed E-state index contributed by atoms with van der Waals surface area (Å²) in [6.07, 6.45) is 7.63. The maximum Gasteiger partial charge on any atom is 0.235 e. The number of aromatic nitrogens is 4. The van der Waals surface area contributed by atoms with Crippen LogP contribution in [0.25, 0.3) is 11.4 Å². The zero-order chi connectivity index (χ0) is 16.9. The van der Waals surface area contributed by atoms with Crippen LogP contribution in [-0.4, -0.2) is 64.8 Å². The molecule has 0 bridgehead atoms. The molecule has 0 aliphatic carbocycles. The third kappa shape index (κ3) is 5.11. The Kier molecular flexibility index (Phi) is 5.40. The third-order valence-corrected chi connectivity index (χ3v) is 4.32. The first-order valence-electron chi connectivity index (χ1n) is 6.84. The fraction of sp³-hybridized carbons (Fsp3) is 0.385. The van der Waals surface area contributed by atoms with Crippen LogP contribution in [0.2, 0.25) is 0 Å². The van der Waals surface area contributed by atoms with Gasteiger partial charge in [0.2, 0.25) is 15.9 Å². The highest BCUT2D eigenvalue weighted by Crippen LogP contribution is 2.11. The van der Waals surface area contributed by atoms with Gasteiger partial charge in [0.25, 0.3) is 0 Å². The van der Waals surface area contributed by atoms with Crippen LogP contribution in [0.3, 0.4) is 0 Å². The molecule has 1 amide bonds. The molecule has 0 atom stereocenters. The summed E-state index contributed by atoms with van der Waals surface area (Å²) in [6, 6.07) is 1.81. The Morgan fingerprint density at radius 3 is 2.78 bits per heavy atom. The molecule has 10 heteroatoms. The van der Waals surface area contributed by atoms with Crippen molar-refractivity contribution in [3.05, 3.63) is 30.9 Å². The zero-order valence-corrected chi connectivity index (χ0v) is 13.7. The summed E-state index contributed by atoms with van der Waals surface area (Å²) in [4.78, 5) is 19.8. The second kappa shape index (κ2) is 7.29. The minimum Gasteiger partial charge on any atom is -0.353 e. The first-order valence-corrected chi connectivity index (χ1v) is 8.69. The van der Waals surface area contributed by atoms with E-state index < -0.39 is 10.0 Å². The molecular formula is C13H18N6O3S. The molecule has 2 heterocycles. The van der Waals surface area contributed by atoms with Gasteiger partial charge in [-0.3, -0.25) is 19.4 Å². The van der Waals surface area contributed by atoms with Gasteiger partial charge in [-0.25, -0.2) is 8.42 Å². The summed E-state index contributed by atoms with van der Waals surface area (Å²) in [5.74, 6) is -0.362. The molecular weight excluding hydrogens is 320 g/mol. The van der Waals surface area contributed by atoms with Crippen LogP contribution in [-0.2, 0) is 21.4 Å². The number of nitrogens with one attached hydrogen (secondary N) is 1. The number of carbonyl (C=O) groups excluding carboxylic acids is 1. The minimum atomic E-state index is -3.36. The van der Waals surface area contributed by atoms with Crippen molar-refractivity contribution < 1.29 is 13.2 Å². The van der Waals surface area contributed by atoms with Crippen LogP contribution >= 0.6 is 0 Å². The van der Waals surface area contributed by atoms with Gasteiger partial charge in [-0.2, -0.15) is 9.40 Å². The second-order valence-electron chi connectivity index (χ2n) is 4.92. The lowest BCUT2D eigenvalue weighted by Crippen LogP contribution is -2.38. The van der Waals surface area contributed by atoms with Crippen molar-refractivity contribution in [2.75, 3.05) is 26.4 Å². The predicted octanol–water partition coefficient (Wildman–Crippen LogP) is -0.652. The van der Waals surface area contributed by atoms with Gasteiger partial charge in [-0.1, -0.05) is 0 Å². The van der Waals surface area contributed by atoms with E-state index in [1.54, 1.807) is 29.5 Å². The molecule has 0 saturated carbocycles. The molecule has 0 aliphatic rings. The van der Waals surface area contributed by atoms with Crippen molar-refractivity contribution in [1.29, 1.82) is 0 Å². The maximum atomic E-state index is 11.7. The minimum absolute atomic E-state index is 0.206. The Bertz CT molecular complexity index is 759. The summed E-state index contributed by atoms with van der Waals surface area (Å²) in [6.45, 7) is 0.607. The topological polar surface area (TPSA) is 110 Å². The monoisotopic (exact) mass is 338 g/mol. The van der Waals surface area contributed by atoms with Gasteiger partial charge in [0.1, 0.15) is 11.4 Å². The van der Waals surface area contributed by atoms with Crippen LogP contribution in [0.5, 0.6) is 0 Å². The van der Waals surface area contributed by atoms with Gasteiger partial charge < -0.3 is 5.32 Å². The van der Waals surface area contributed by atoms with Crippen molar-refractivity contribution in [3.8, 4) is 11.4 Å². The van der Waals surface area contributed by atoms with Gasteiger partial charge in [-0.15, -0.1) is 0 Å². The van der Waals surface area contributed by atoms with E-state index in [9.17, 15) is 13.2 Å². The standard InChI is InChI=1S/C13H18N6O3S/c1-18(23(2,21)22)10-13(20)16-6-8-19-7-3-11(17-19)12-9-14-4-5-15-12/h3-5,7,9H,6,8,10H2,1-2H3,(H,16,20). The average Bonchev–Trinajstić information content (AvgIpc) is 2.96. The Hall–Kier alpha value is -2.33. The number of sulfonamides is 1. The van der Waals surface area contributed by atoms with E-state index in [0.717, 1.165) is 10.6 Å². The largest absolute Gasteiger partial charge is 0.353 e. The molecule has 2 aromatic heterocycles. The number of rotatable bonds is 7. The van der Waals surface area contributed by atoms with E-state index in [2.05, 4.69) is 20.4 Å². The van der Waals surface area contributed by atoms with E-state index in [0.29, 0.717) is 24.5 Å². The molecule has 9 nitrogen and oxygen atoms in total. The molecule has 0 aliphatic heterocycles. The lowest BCUT2D eigenvalue weighted by atomic mass is 10.3.